The van der Waals surface area contributed by atoms with Gasteiger partial charge in [-0.2, -0.15) is 0 Å². The van der Waals surface area contributed by atoms with Gasteiger partial charge in [-0.05, 0) is 12.1 Å². The number of nitrogens with one attached hydrogen (secondary N) is 1. The quantitative estimate of drug-likeness (QED) is 0.781. The van der Waals surface area contributed by atoms with Crippen molar-refractivity contribution in [1.82, 2.24) is 15.5 Å². The SMILES string of the molecule is CC(C)c1cc(C(=O)NCc2coc(-c3ccccc3)n2)no1. The predicted octanol–water partition coefficient (Wildman–Crippen LogP) is 3.38. The molecule has 0 saturated carbocycles. The summed E-state index contributed by atoms with van der Waals surface area (Å²) in [7, 11) is 0. The van der Waals surface area contributed by atoms with E-state index in [-0.39, 0.29) is 24.1 Å². The number of hydrogen-bond acceptors (Lipinski definition) is 5. The number of carbonyl (C=O) groups is 1. The summed E-state index contributed by atoms with van der Waals surface area (Å²) in [5.41, 5.74) is 1.80. The number of amides is 1. The van der Waals surface area contributed by atoms with E-state index in [4.69, 9.17) is 8.94 Å². The molecule has 2 aromatic heterocycles. The Bertz CT molecular complexity index is 790. The van der Waals surface area contributed by atoms with Crippen molar-refractivity contribution in [1.29, 1.82) is 0 Å². The fraction of sp³-hybridized carbons (Fsp3) is 0.235. The minimum Gasteiger partial charge on any atom is -0.444 e. The average molecular weight is 311 g/mol. The molecule has 3 aromatic rings. The van der Waals surface area contributed by atoms with Gasteiger partial charge >= 0.3 is 0 Å². The molecule has 1 amide bonds. The van der Waals surface area contributed by atoms with Crippen molar-refractivity contribution >= 4 is 5.91 Å². The first-order chi connectivity index (χ1) is 11.1. The Balaban J connectivity index is 1.62. The zero-order valence-corrected chi connectivity index (χ0v) is 12.9. The normalized spacial score (nSPS) is 10.9. The highest BCUT2D eigenvalue weighted by Gasteiger charge is 2.15. The number of nitrogens with zero attached hydrogens (tertiary/aromatic N) is 2. The fourth-order valence-electron chi connectivity index (χ4n) is 2.03. The van der Waals surface area contributed by atoms with Gasteiger partial charge in [0.2, 0.25) is 5.89 Å². The third-order valence-electron chi connectivity index (χ3n) is 3.33. The van der Waals surface area contributed by atoms with E-state index in [1.807, 2.05) is 44.2 Å². The van der Waals surface area contributed by atoms with Gasteiger partial charge in [-0.15, -0.1) is 0 Å². The second kappa shape index (κ2) is 6.48. The number of carbonyl (C=O) groups excluding carboxylic acids is 1. The highest BCUT2D eigenvalue weighted by atomic mass is 16.5. The van der Waals surface area contributed by atoms with Gasteiger partial charge in [-0.3, -0.25) is 4.79 Å². The summed E-state index contributed by atoms with van der Waals surface area (Å²) in [5, 5.41) is 6.52. The predicted molar refractivity (Wildman–Crippen MR) is 83.7 cm³/mol. The average Bonchev–Trinajstić information content (AvgIpc) is 3.23. The minimum absolute atomic E-state index is 0.188. The Labute approximate surface area is 133 Å². The van der Waals surface area contributed by atoms with Crippen LogP contribution in [0.25, 0.3) is 11.5 Å². The topological polar surface area (TPSA) is 81.2 Å². The highest BCUT2D eigenvalue weighted by Crippen LogP contribution is 2.18. The molecule has 0 radical (unpaired) electrons. The van der Waals surface area contributed by atoms with Gasteiger partial charge in [0.25, 0.3) is 5.91 Å². The van der Waals surface area contributed by atoms with Crippen molar-refractivity contribution in [3.05, 3.63) is 59.8 Å². The largest absolute Gasteiger partial charge is 0.444 e. The summed E-state index contributed by atoms with van der Waals surface area (Å²) >= 11 is 0. The monoisotopic (exact) mass is 311 g/mol. The highest BCUT2D eigenvalue weighted by molar-refractivity contribution is 5.92. The van der Waals surface area contributed by atoms with E-state index in [9.17, 15) is 4.79 Å². The van der Waals surface area contributed by atoms with Crippen LogP contribution in [0.3, 0.4) is 0 Å². The van der Waals surface area contributed by atoms with E-state index < -0.39 is 0 Å². The molecule has 6 nitrogen and oxygen atoms in total. The molecule has 0 unspecified atom stereocenters. The molecule has 0 bridgehead atoms. The molecule has 23 heavy (non-hydrogen) atoms. The molecule has 0 fully saturated rings. The molecule has 3 rings (SSSR count). The molecule has 0 aliphatic heterocycles. The lowest BCUT2D eigenvalue weighted by Gasteiger charge is -1.98. The summed E-state index contributed by atoms with van der Waals surface area (Å²) in [5.74, 6) is 1.10. The molecule has 118 valence electrons. The lowest BCUT2D eigenvalue weighted by atomic mass is 10.1. The molecule has 2 heterocycles. The third-order valence-corrected chi connectivity index (χ3v) is 3.33. The molecule has 1 N–H and O–H groups in total. The molecular formula is C17H17N3O3. The van der Waals surface area contributed by atoms with Crippen LogP contribution < -0.4 is 5.32 Å². The van der Waals surface area contributed by atoms with Crippen LogP contribution in [0.15, 0.2) is 51.6 Å². The van der Waals surface area contributed by atoms with Crippen molar-refractivity contribution in [2.45, 2.75) is 26.3 Å². The molecule has 0 spiro atoms. The van der Waals surface area contributed by atoms with Crippen LogP contribution in [0.2, 0.25) is 0 Å². The van der Waals surface area contributed by atoms with E-state index in [1.165, 1.54) is 6.26 Å². The maximum atomic E-state index is 12.0. The Morgan fingerprint density at radius 2 is 2.04 bits per heavy atom. The van der Waals surface area contributed by atoms with Gasteiger partial charge in [-0.1, -0.05) is 37.2 Å². The van der Waals surface area contributed by atoms with Crippen LogP contribution in [0.1, 0.15) is 41.7 Å². The van der Waals surface area contributed by atoms with E-state index in [1.54, 1.807) is 6.07 Å². The smallest absolute Gasteiger partial charge is 0.273 e. The molecule has 0 saturated heterocycles. The third kappa shape index (κ3) is 3.48. The molecule has 0 aliphatic carbocycles. The van der Waals surface area contributed by atoms with E-state index in [0.717, 1.165) is 5.56 Å². The molecular weight excluding hydrogens is 294 g/mol. The first kappa shape index (κ1) is 15.0. The van der Waals surface area contributed by atoms with Crippen molar-refractivity contribution in [2.75, 3.05) is 0 Å². The van der Waals surface area contributed by atoms with Crippen LogP contribution >= 0.6 is 0 Å². The van der Waals surface area contributed by atoms with Gasteiger partial charge < -0.3 is 14.3 Å². The van der Waals surface area contributed by atoms with Crippen LogP contribution in [0.5, 0.6) is 0 Å². The number of benzene rings is 1. The van der Waals surface area contributed by atoms with Gasteiger partial charge in [0.15, 0.2) is 5.69 Å². The molecule has 1 aromatic carbocycles. The minimum atomic E-state index is -0.301. The van der Waals surface area contributed by atoms with Crippen LogP contribution in [-0.4, -0.2) is 16.0 Å². The Morgan fingerprint density at radius 1 is 1.26 bits per heavy atom. The summed E-state index contributed by atoms with van der Waals surface area (Å²) in [4.78, 5) is 16.4. The fourth-order valence-corrected chi connectivity index (χ4v) is 2.03. The Kier molecular flexibility index (Phi) is 4.23. The summed E-state index contributed by atoms with van der Waals surface area (Å²) in [6, 6.07) is 11.2. The molecule has 0 aliphatic rings. The molecule has 6 heteroatoms. The Hall–Kier alpha value is -2.89. The number of aromatic nitrogens is 2. The van der Waals surface area contributed by atoms with E-state index >= 15 is 0 Å². The van der Waals surface area contributed by atoms with Gasteiger partial charge in [0, 0.05) is 17.5 Å². The van der Waals surface area contributed by atoms with Gasteiger partial charge in [0.05, 0.1) is 12.2 Å². The summed E-state index contributed by atoms with van der Waals surface area (Å²) < 4.78 is 10.5. The van der Waals surface area contributed by atoms with Crippen molar-refractivity contribution < 1.29 is 13.7 Å². The second-order valence-electron chi connectivity index (χ2n) is 5.46. The maximum absolute atomic E-state index is 12.0. The van der Waals surface area contributed by atoms with Crippen LogP contribution in [0, 0.1) is 0 Å². The number of hydrogen-bond donors (Lipinski definition) is 1. The first-order valence-corrected chi connectivity index (χ1v) is 7.38. The number of oxazole rings is 1. The van der Waals surface area contributed by atoms with Gasteiger partial charge in [0.1, 0.15) is 12.0 Å². The second-order valence-corrected chi connectivity index (χ2v) is 5.46. The van der Waals surface area contributed by atoms with Crippen LogP contribution in [0.4, 0.5) is 0 Å². The summed E-state index contributed by atoms with van der Waals surface area (Å²) in [6.07, 6.45) is 1.53. The Morgan fingerprint density at radius 3 is 2.74 bits per heavy atom. The standard InChI is InChI=1S/C17H17N3O3/c1-11(2)15-8-14(20-23-15)16(21)18-9-13-10-22-17(19-13)12-6-4-3-5-7-12/h3-8,10-11H,9H2,1-2H3,(H,18,21). The lowest BCUT2D eigenvalue weighted by Crippen LogP contribution is -2.23. The first-order valence-electron chi connectivity index (χ1n) is 7.38. The zero-order chi connectivity index (χ0) is 16.2. The van der Waals surface area contributed by atoms with Crippen molar-refractivity contribution in [3.8, 4) is 11.5 Å². The number of rotatable bonds is 5. The lowest BCUT2D eigenvalue weighted by molar-refractivity contribution is 0.0941. The van der Waals surface area contributed by atoms with Gasteiger partial charge in [-0.25, -0.2) is 4.98 Å². The maximum Gasteiger partial charge on any atom is 0.273 e. The summed E-state index contributed by atoms with van der Waals surface area (Å²) in [6.45, 7) is 4.21. The zero-order valence-electron chi connectivity index (χ0n) is 12.9. The van der Waals surface area contributed by atoms with E-state index in [2.05, 4.69) is 15.5 Å². The van der Waals surface area contributed by atoms with Crippen molar-refractivity contribution in [3.63, 3.8) is 0 Å². The molecule has 0 atom stereocenters. The van der Waals surface area contributed by atoms with E-state index in [0.29, 0.717) is 17.3 Å². The van der Waals surface area contributed by atoms with Crippen molar-refractivity contribution in [2.24, 2.45) is 0 Å². The van der Waals surface area contributed by atoms with Crippen LogP contribution in [-0.2, 0) is 6.54 Å².